The first kappa shape index (κ1) is 11.6. The molecule has 1 aromatic rings. The van der Waals surface area contributed by atoms with Crippen molar-refractivity contribution in [3.63, 3.8) is 0 Å². The van der Waals surface area contributed by atoms with Crippen LogP contribution in [0, 0.1) is 5.82 Å². The van der Waals surface area contributed by atoms with Crippen LogP contribution in [-0.4, -0.2) is 11.8 Å². The summed E-state index contributed by atoms with van der Waals surface area (Å²) in [7, 11) is 0. The molecule has 1 heterocycles. The molecular formula is C13H13FO3. The van der Waals surface area contributed by atoms with Gasteiger partial charge in [-0.1, -0.05) is 12.1 Å². The Morgan fingerprint density at radius 2 is 2.12 bits per heavy atom. The van der Waals surface area contributed by atoms with Crippen molar-refractivity contribution in [2.45, 2.75) is 26.1 Å². The van der Waals surface area contributed by atoms with Gasteiger partial charge >= 0.3 is 5.97 Å². The first-order chi connectivity index (χ1) is 7.94. The molecule has 0 spiro atoms. The van der Waals surface area contributed by atoms with Gasteiger partial charge in [-0.25, -0.2) is 9.18 Å². The van der Waals surface area contributed by atoms with Crippen molar-refractivity contribution in [1.29, 1.82) is 0 Å². The minimum absolute atomic E-state index is 0.0365. The van der Waals surface area contributed by atoms with Crippen molar-refractivity contribution in [2.75, 3.05) is 0 Å². The fourth-order valence-electron chi connectivity index (χ4n) is 1.79. The van der Waals surface area contributed by atoms with Gasteiger partial charge in [-0.2, -0.15) is 0 Å². The quantitative estimate of drug-likeness (QED) is 0.585. The third-order valence-electron chi connectivity index (χ3n) is 2.45. The van der Waals surface area contributed by atoms with E-state index in [4.69, 9.17) is 9.47 Å². The summed E-state index contributed by atoms with van der Waals surface area (Å²) in [5.74, 6) is -2.30. The molecule has 90 valence electrons. The molecular weight excluding hydrogens is 223 g/mol. The van der Waals surface area contributed by atoms with E-state index in [0.29, 0.717) is 12.0 Å². The van der Waals surface area contributed by atoms with Gasteiger partial charge in [-0.05, 0) is 18.1 Å². The molecule has 0 N–H and O–H groups in total. The Balaban J connectivity index is 2.60. The predicted octanol–water partition coefficient (Wildman–Crippen LogP) is 2.84. The second kappa shape index (κ2) is 3.87. The number of rotatable bonds is 2. The van der Waals surface area contributed by atoms with Gasteiger partial charge in [0.1, 0.15) is 5.56 Å². The Morgan fingerprint density at radius 3 is 2.76 bits per heavy atom. The molecule has 0 saturated carbocycles. The molecule has 0 bridgehead atoms. The molecule has 1 aromatic carbocycles. The summed E-state index contributed by atoms with van der Waals surface area (Å²) in [6.45, 7) is 6.72. The summed E-state index contributed by atoms with van der Waals surface area (Å²) in [5.41, 5.74) is 0.807. The van der Waals surface area contributed by atoms with Crippen LogP contribution in [0.3, 0.4) is 0 Å². The van der Waals surface area contributed by atoms with E-state index in [1.807, 2.05) is 0 Å². The van der Waals surface area contributed by atoms with Crippen LogP contribution < -0.4 is 4.74 Å². The number of halogens is 1. The number of carbonyl (C=O) groups excluding carboxylic acids is 1. The smallest absolute Gasteiger partial charge is 0.345 e. The molecule has 0 saturated heterocycles. The molecule has 0 aromatic heterocycles. The molecule has 0 unspecified atom stereocenters. The fraction of sp³-hybridized carbons (Fsp3) is 0.308. The maximum Gasteiger partial charge on any atom is 0.345 e. The van der Waals surface area contributed by atoms with Gasteiger partial charge in [0.15, 0.2) is 11.6 Å². The van der Waals surface area contributed by atoms with Gasteiger partial charge in [0.25, 0.3) is 0 Å². The summed E-state index contributed by atoms with van der Waals surface area (Å²) >= 11 is 0. The Hall–Kier alpha value is -1.84. The van der Waals surface area contributed by atoms with Crippen LogP contribution in [0.25, 0.3) is 0 Å². The number of hydrogen-bond donors (Lipinski definition) is 0. The van der Waals surface area contributed by atoms with Crippen molar-refractivity contribution < 1.29 is 18.7 Å². The molecule has 17 heavy (non-hydrogen) atoms. The lowest BCUT2D eigenvalue weighted by atomic mass is 10.0. The molecule has 0 amide bonds. The molecule has 0 aliphatic carbocycles. The van der Waals surface area contributed by atoms with E-state index in [0.717, 1.165) is 0 Å². The molecule has 4 heteroatoms. The predicted molar refractivity (Wildman–Crippen MR) is 60.4 cm³/mol. The van der Waals surface area contributed by atoms with Crippen molar-refractivity contribution in [2.24, 2.45) is 0 Å². The Kier molecular flexibility index (Phi) is 2.65. The van der Waals surface area contributed by atoms with Crippen LogP contribution in [0.2, 0.25) is 0 Å². The van der Waals surface area contributed by atoms with Gasteiger partial charge < -0.3 is 9.47 Å². The summed E-state index contributed by atoms with van der Waals surface area (Å²) in [5, 5.41) is 0. The summed E-state index contributed by atoms with van der Waals surface area (Å²) in [4.78, 5) is 11.8. The normalized spacial score (nSPS) is 16.8. The van der Waals surface area contributed by atoms with E-state index < -0.39 is 17.6 Å². The maximum atomic E-state index is 13.6. The summed E-state index contributed by atoms with van der Waals surface area (Å²) in [6.07, 6.45) is 2.10. The average molecular weight is 236 g/mol. The molecule has 3 nitrogen and oxygen atoms in total. The largest absolute Gasteiger partial charge is 0.449 e. The highest BCUT2D eigenvalue weighted by Crippen LogP contribution is 2.35. The number of benzene rings is 1. The fourth-order valence-corrected chi connectivity index (χ4v) is 1.79. The first-order valence-corrected chi connectivity index (χ1v) is 5.29. The van der Waals surface area contributed by atoms with Gasteiger partial charge in [0.2, 0.25) is 5.79 Å². The Bertz CT molecular complexity index is 492. The third-order valence-corrected chi connectivity index (χ3v) is 2.45. The van der Waals surface area contributed by atoms with Crippen LogP contribution in [0.5, 0.6) is 5.75 Å². The molecule has 1 aliphatic heterocycles. The monoisotopic (exact) mass is 236 g/mol. The SMILES string of the molecule is C=CCc1ccc(F)c2c1C(=O)OC(C)(C)O2. The number of ether oxygens (including phenoxy) is 2. The highest BCUT2D eigenvalue weighted by atomic mass is 19.1. The third kappa shape index (κ3) is 2.02. The average Bonchev–Trinajstić information content (AvgIpc) is 2.21. The number of hydrogen-bond acceptors (Lipinski definition) is 3. The van der Waals surface area contributed by atoms with Crippen molar-refractivity contribution >= 4 is 5.97 Å². The lowest BCUT2D eigenvalue weighted by Crippen LogP contribution is -2.39. The van der Waals surface area contributed by atoms with Crippen molar-refractivity contribution in [1.82, 2.24) is 0 Å². The van der Waals surface area contributed by atoms with Crippen LogP contribution >= 0.6 is 0 Å². The van der Waals surface area contributed by atoms with Crippen molar-refractivity contribution in [3.05, 3.63) is 41.7 Å². The number of allylic oxidation sites excluding steroid dienone is 1. The van der Waals surface area contributed by atoms with Crippen molar-refractivity contribution in [3.8, 4) is 5.75 Å². The lowest BCUT2D eigenvalue weighted by Gasteiger charge is -2.32. The zero-order valence-electron chi connectivity index (χ0n) is 9.75. The number of cyclic esters (lactones) is 1. The van der Waals surface area contributed by atoms with Gasteiger partial charge in [0.05, 0.1) is 0 Å². The van der Waals surface area contributed by atoms with Gasteiger partial charge in [-0.3, -0.25) is 0 Å². The van der Waals surface area contributed by atoms with E-state index in [2.05, 4.69) is 6.58 Å². The van der Waals surface area contributed by atoms with E-state index in [-0.39, 0.29) is 11.3 Å². The summed E-state index contributed by atoms with van der Waals surface area (Å²) < 4.78 is 24.1. The number of esters is 1. The standard InChI is InChI=1S/C13H13FO3/c1-4-5-8-6-7-9(14)11-10(8)12(15)17-13(2,3)16-11/h4,6-7H,1,5H2,2-3H3. The topological polar surface area (TPSA) is 35.5 Å². The minimum atomic E-state index is -1.14. The van der Waals surface area contributed by atoms with Gasteiger partial charge in [0, 0.05) is 13.8 Å². The number of carbonyl (C=O) groups is 1. The Morgan fingerprint density at radius 1 is 1.41 bits per heavy atom. The van der Waals surface area contributed by atoms with Crippen LogP contribution in [0.4, 0.5) is 4.39 Å². The highest BCUT2D eigenvalue weighted by Gasteiger charge is 2.37. The molecule has 0 atom stereocenters. The highest BCUT2D eigenvalue weighted by molar-refractivity contribution is 5.95. The molecule has 0 radical (unpaired) electrons. The van der Waals surface area contributed by atoms with Crippen LogP contribution in [0.15, 0.2) is 24.8 Å². The lowest BCUT2D eigenvalue weighted by molar-refractivity contribution is -0.129. The van der Waals surface area contributed by atoms with Crippen LogP contribution in [-0.2, 0) is 11.2 Å². The zero-order chi connectivity index (χ0) is 12.6. The first-order valence-electron chi connectivity index (χ1n) is 5.29. The minimum Gasteiger partial charge on any atom is -0.449 e. The molecule has 0 fully saturated rings. The molecule has 2 rings (SSSR count). The second-order valence-corrected chi connectivity index (χ2v) is 4.29. The van der Waals surface area contributed by atoms with E-state index >= 15 is 0 Å². The van der Waals surface area contributed by atoms with E-state index in [9.17, 15) is 9.18 Å². The van der Waals surface area contributed by atoms with Gasteiger partial charge in [-0.15, -0.1) is 6.58 Å². The second-order valence-electron chi connectivity index (χ2n) is 4.29. The van der Waals surface area contributed by atoms with E-state index in [1.54, 1.807) is 26.0 Å². The maximum absolute atomic E-state index is 13.6. The zero-order valence-corrected chi connectivity index (χ0v) is 9.75. The number of fused-ring (bicyclic) bond motifs is 1. The van der Waals surface area contributed by atoms with E-state index in [1.165, 1.54) is 6.07 Å². The Labute approximate surface area is 98.8 Å². The van der Waals surface area contributed by atoms with Crippen LogP contribution in [0.1, 0.15) is 29.8 Å². The molecule has 1 aliphatic rings. The summed E-state index contributed by atoms with van der Waals surface area (Å²) in [6, 6.07) is 2.82.